The highest BCUT2D eigenvalue weighted by atomic mass is 16.3. The number of aryl methyl sites for hydroxylation is 1. The minimum atomic E-state index is -0.517. The van der Waals surface area contributed by atoms with E-state index >= 15 is 0 Å². The lowest BCUT2D eigenvalue weighted by Gasteiger charge is -2.35. The average molecular weight is 291 g/mol. The molecule has 1 atom stereocenters. The Kier molecular flexibility index (Phi) is 5.56. The fourth-order valence-corrected chi connectivity index (χ4v) is 2.89. The summed E-state index contributed by atoms with van der Waals surface area (Å²) in [4.78, 5) is 18.5. The van der Waals surface area contributed by atoms with Crippen molar-refractivity contribution < 1.29 is 9.90 Å². The molecule has 1 saturated carbocycles. The maximum Gasteiger partial charge on any atom is 0.322 e. The second kappa shape index (κ2) is 7.41. The maximum atomic E-state index is 12.5. The lowest BCUT2D eigenvalue weighted by Crippen LogP contribution is -2.47. The number of amides is 2. The first-order valence-corrected chi connectivity index (χ1v) is 7.74. The van der Waals surface area contributed by atoms with Crippen molar-refractivity contribution in [1.29, 1.82) is 0 Å². The third kappa shape index (κ3) is 4.70. The van der Waals surface area contributed by atoms with Gasteiger partial charge in [-0.05, 0) is 38.8 Å². The minimum Gasteiger partial charge on any atom is -0.392 e. The zero-order valence-corrected chi connectivity index (χ0v) is 12.9. The van der Waals surface area contributed by atoms with E-state index in [2.05, 4.69) is 10.3 Å². The highest BCUT2D eigenvalue weighted by Gasteiger charge is 2.26. The summed E-state index contributed by atoms with van der Waals surface area (Å²) in [6.07, 6.45) is 6.77. The Labute approximate surface area is 126 Å². The van der Waals surface area contributed by atoms with Gasteiger partial charge in [0.1, 0.15) is 0 Å². The molecule has 2 N–H and O–H groups in total. The van der Waals surface area contributed by atoms with Crippen LogP contribution in [0.4, 0.5) is 10.5 Å². The molecule has 0 radical (unpaired) electrons. The van der Waals surface area contributed by atoms with E-state index in [1.54, 1.807) is 24.1 Å². The number of rotatable bonds is 4. The summed E-state index contributed by atoms with van der Waals surface area (Å²) < 4.78 is 0. The van der Waals surface area contributed by atoms with Gasteiger partial charge >= 0.3 is 6.03 Å². The predicted molar refractivity (Wildman–Crippen MR) is 83.3 cm³/mol. The number of aromatic nitrogens is 1. The predicted octanol–water partition coefficient (Wildman–Crippen LogP) is 2.94. The number of hydrogen-bond donors (Lipinski definition) is 2. The van der Waals surface area contributed by atoms with Crippen molar-refractivity contribution in [2.45, 2.75) is 58.1 Å². The van der Waals surface area contributed by atoms with Crippen LogP contribution in [-0.2, 0) is 0 Å². The Balaban J connectivity index is 2.06. The van der Waals surface area contributed by atoms with Gasteiger partial charge in [-0.15, -0.1) is 0 Å². The first kappa shape index (κ1) is 15.8. The molecule has 0 aromatic carbocycles. The van der Waals surface area contributed by atoms with Gasteiger partial charge in [-0.25, -0.2) is 4.79 Å². The Morgan fingerprint density at radius 1 is 1.48 bits per heavy atom. The van der Waals surface area contributed by atoms with Crippen LogP contribution in [0.25, 0.3) is 0 Å². The molecule has 2 rings (SSSR count). The molecule has 0 bridgehead atoms. The van der Waals surface area contributed by atoms with Crippen LogP contribution in [0.15, 0.2) is 18.3 Å². The molecule has 0 spiro atoms. The molecule has 1 aliphatic carbocycles. The number of carbonyl (C=O) groups is 1. The van der Waals surface area contributed by atoms with E-state index in [0.29, 0.717) is 6.54 Å². The number of aliphatic hydroxyl groups excluding tert-OH is 1. The second-order valence-corrected chi connectivity index (χ2v) is 5.91. The summed E-state index contributed by atoms with van der Waals surface area (Å²) >= 11 is 0. The third-order valence-electron chi connectivity index (χ3n) is 3.89. The molecule has 21 heavy (non-hydrogen) atoms. The van der Waals surface area contributed by atoms with Crippen LogP contribution in [-0.4, -0.2) is 39.7 Å². The molecule has 1 unspecified atom stereocenters. The van der Waals surface area contributed by atoms with Gasteiger partial charge in [-0.2, -0.15) is 0 Å². The molecule has 5 nitrogen and oxygen atoms in total. The van der Waals surface area contributed by atoms with E-state index in [1.807, 2.05) is 13.0 Å². The number of pyridine rings is 1. The third-order valence-corrected chi connectivity index (χ3v) is 3.89. The smallest absolute Gasteiger partial charge is 0.322 e. The topological polar surface area (TPSA) is 65.5 Å². The van der Waals surface area contributed by atoms with Gasteiger partial charge in [-0.3, -0.25) is 4.98 Å². The lowest BCUT2D eigenvalue weighted by molar-refractivity contribution is 0.105. The highest BCUT2D eigenvalue weighted by molar-refractivity contribution is 5.89. The van der Waals surface area contributed by atoms with Crippen molar-refractivity contribution in [2.75, 3.05) is 11.9 Å². The van der Waals surface area contributed by atoms with Crippen molar-refractivity contribution in [2.24, 2.45) is 0 Å². The van der Waals surface area contributed by atoms with Crippen molar-refractivity contribution in [3.63, 3.8) is 0 Å². The molecule has 116 valence electrons. The molecule has 0 saturated heterocycles. The summed E-state index contributed by atoms with van der Waals surface area (Å²) in [6, 6.07) is 3.73. The van der Waals surface area contributed by atoms with Gasteiger partial charge in [0.15, 0.2) is 0 Å². The van der Waals surface area contributed by atoms with Gasteiger partial charge in [0.05, 0.1) is 6.10 Å². The number of nitrogens with zero attached hydrogens (tertiary/aromatic N) is 2. The Morgan fingerprint density at radius 3 is 2.81 bits per heavy atom. The minimum absolute atomic E-state index is 0.131. The zero-order chi connectivity index (χ0) is 15.2. The first-order valence-electron chi connectivity index (χ1n) is 7.74. The number of anilines is 1. The van der Waals surface area contributed by atoms with Crippen molar-refractivity contribution in [3.8, 4) is 0 Å². The van der Waals surface area contributed by atoms with E-state index in [4.69, 9.17) is 0 Å². The molecule has 1 aromatic heterocycles. The van der Waals surface area contributed by atoms with E-state index in [0.717, 1.165) is 37.1 Å². The van der Waals surface area contributed by atoms with E-state index in [9.17, 15) is 9.90 Å². The van der Waals surface area contributed by atoms with Crippen LogP contribution in [0, 0.1) is 6.92 Å². The molecule has 5 heteroatoms. The number of aliphatic hydroxyl groups is 1. The Bertz CT molecular complexity index is 470. The largest absolute Gasteiger partial charge is 0.392 e. The molecule has 2 amide bonds. The van der Waals surface area contributed by atoms with Crippen LogP contribution < -0.4 is 5.32 Å². The van der Waals surface area contributed by atoms with Crippen LogP contribution in [0.1, 0.15) is 44.7 Å². The molecule has 1 aromatic rings. The Morgan fingerprint density at radius 2 is 2.19 bits per heavy atom. The van der Waals surface area contributed by atoms with Crippen LogP contribution >= 0.6 is 0 Å². The molecule has 1 aliphatic rings. The first-order chi connectivity index (χ1) is 10.1. The lowest BCUT2D eigenvalue weighted by atomic mass is 9.94. The average Bonchev–Trinajstić information content (AvgIpc) is 2.45. The quantitative estimate of drug-likeness (QED) is 0.896. The fraction of sp³-hybridized carbons (Fsp3) is 0.625. The van der Waals surface area contributed by atoms with E-state index in [-0.39, 0.29) is 12.1 Å². The maximum absolute atomic E-state index is 12.5. The molecule has 1 fully saturated rings. The summed E-state index contributed by atoms with van der Waals surface area (Å²) in [5, 5.41) is 12.6. The number of nitrogens with one attached hydrogen (secondary N) is 1. The van der Waals surface area contributed by atoms with E-state index in [1.165, 1.54) is 6.42 Å². The SMILES string of the molecule is Cc1cc(NC(=O)N(CC(C)O)C2CCCCC2)ccn1. The number of carbonyl (C=O) groups excluding carboxylic acids is 1. The van der Waals surface area contributed by atoms with Crippen molar-refractivity contribution in [1.82, 2.24) is 9.88 Å². The zero-order valence-electron chi connectivity index (χ0n) is 12.9. The fourth-order valence-electron chi connectivity index (χ4n) is 2.89. The van der Waals surface area contributed by atoms with Crippen LogP contribution in [0.2, 0.25) is 0 Å². The second-order valence-electron chi connectivity index (χ2n) is 5.91. The summed E-state index contributed by atoms with van der Waals surface area (Å²) in [5.41, 5.74) is 1.62. The summed E-state index contributed by atoms with van der Waals surface area (Å²) in [5.74, 6) is 0. The van der Waals surface area contributed by atoms with Gasteiger partial charge in [0, 0.05) is 30.2 Å². The van der Waals surface area contributed by atoms with Gasteiger partial charge in [-0.1, -0.05) is 19.3 Å². The Hall–Kier alpha value is -1.62. The van der Waals surface area contributed by atoms with Crippen LogP contribution in [0.3, 0.4) is 0 Å². The number of urea groups is 1. The normalized spacial score (nSPS) is 17.3. The van der Waals surface area contributed by atoms with Gasteiger partial charge < -0.3 is 15.3 Å². The number of hydrogen-bond acceptors (Lipinski definition) is 3. The van der Waals surface area contributed by atoms with Gasteiger partial charge in [0.2, 0.25) is 0 Å². The van der Waals surface area contributed by atoms with Crippen molar-refractivity contribution in [3.05, 3.63) is 24.0 Å². The summed E-state index contributed by atoms with van der Waals surface area (Å²) in [6.45, 7) is 3.99. The van der Waals surface area contributed by atoms with E-state index < -0.39 is 6.10 Å². The molecule has 0 aliphatic heterocycles. The van der Waals surface area contributed by atoms with Gasteiger partial charge in [0.25, 0.3) is 0 Å². The highest BCUT2D eigenvalue weighted by Crippen LogP contribution is 2.23. The monoisotopic (exact) mass is 291 g/mol. The molecule has 1 heterocycles. The van der Waals surface area contributed by atoms with Crippen LogP contribution in [0.5, 0.6) is 0 Å². The standard InChI is InChI=1S/C16H25N3O2/c1-12-10-14(8-9-17-12)18-16(21)19(11-13(2)20)15-6-4-3-5-7-15/h8-10,13,15,20H,3-7,11H2,1-2H3,(H,17,18,21). The summed E-state index contributed by atoms with van der Waals surface area (Å²) in [7, 11) is 0. The molecular weight excluding hydrogens is 266 g/mol. The molecular formula is C16H25N3O2. The van der Waals surface area contributed by atoms with Crippen molar-refractivity contribution >= 4 is 11.7 Å².